The summed E-state index contributed by atoms with van der Waals surface area (Å²) in [5.41, 5.74) is 0. The van der Waals surface area contributed by atoms with Crippen molar-refractivity contribution >= 4 is 52.2 Å². The second-order valence-electron chi connectivity index (χ2n) is 4.36. The summed E-state index contributed by atoms with van der Waals surface area (Å²) in [5.74, 6) is 0.202. The van der Waals surface area contributed by atoms with Gasteiger partial charge in [0.25, 0.3) is 0 Å². The molecule has 134 valence electrons. The topological polar surface area (TPSA) is 57.5 Å². The molecule has 0 bridgehead atoms. The summed E-state index contributed by atoms with van der Waals surface area (Å²) >= 11 is 22.3. The summed E-state index contributed by atoms with van der Waals surface area (Å²) < 4.78 is 0. The largest absolute Gasteiger partial charge is 0.508 e. The maximum Gasteiger partial charge on any atom is 0.152 e. The molecule has 7 heteroatoms. The first-order valence-electron chi connectivity index (χ1n) is 6.76. The fourth-order valence-corrected chi connectivity index (χ4v) is 1.98. The second-order valence-corrected chi connectivity index (χ2v) is 5.90. The number of phenols is 2. The highest BCUT2D eigenvalue weighted by atomic mass is 35.5. The molecule has 0 spiro atoms. The summed E-state index contributed by atoms with van der Waals surface area (Å²) in [6.07, 6.45) is 4.65. The average molecular weight is 422 g/mol. The van der Waals surface area contributed by atoms with Crippen molar-refractivity contribution < 1.29 is 15.0 Å². The highest BCUT2D eigenvalue weighted by Crippen LogP contribution is 2.41. The van der Waals surface area contributed by atoms with E-state index < -0.39 is 0 Å². The lowest BCUT2D eigenvalue weighted by Crippen LogP contribution is -1.76. The monoisotopic (exact) mass is 420 g/mol. The Bertz CT molecular complexity index is 703. The SMILES string of the molecule is C=CC=CC(C)=O.Oc1cc(Cl)c(Cl)c(Cl)c1Cl.Oc1ccccc1. The number of aromatic hydroxyl groups is 2. The predicted molar refractivity (Wildman–Crippen MR) is 106 cm³/mol. The Morgan fingerprint density at radius 3 is 1.92 bits per heavy atom. The van der Waals surface area contributed by atoms with E-state index in [-0.39, 0.29) is 31.6 Å². The molecule has 0 aliphatic carbocycles. The van der Waals surface area contributed by atoms with Gasteiger partial charge in [-0.1, -0.05) is 83.3 Å². The van der Waals surface area contributed by atoms with E-state index in [0.29, 0.717) is 5.75 Å². The first kappa shape index (κ1) is 23.4. The predicted octanol–water partition coefficient (Wildman–Crippen LogP) is 6.72. The summed E-state index contributed by atoms with van der Waals surface area (Å²) in [6, 6.07) is 9.95. The smallest absolute Gasteiger partial charge is 0.152 e. The standard InChI is InChI=1S/C6H2Cl4O.C6H6O.C6H8O/c7-2-1-3(11)5(9)6(10)4(2)8;7-6-4-2-1-3-5-6;1-3-4-5-6(2)7/h1,11H;1-5,7H;3-5H,1H2,2H3. The first-order valence-corrected chi connectivity index (χ1v) is 8.27. The molecule has 0 aliphatic rings. The molecule has 2 aromatic carbocycles. The Hall–Kier alpha value is -1.65. The molecule has 0 saturated carbocycles. The summed E-state index contributed by atoms with van der Waals surface area (Å²) in [6.45, 7) is 4.89. The lowest BCUT2D eigenvalue weighted by atomic mass is 10.3. The van der Waals surface area contributed by atoms with Crippen molar-refractivity contribution in [2.24, 2.45) is 0 Å². The Morgan fingerprint density at radius 1 is 1.00 bits per heavy atom. The zero-order valence-electron chi connectivity index (χ0n) is 13.2. The molecule has 0 aliphatic heterocycles. The van der Waals surface area contributed by atoms with Gasteiger partial charge in [-0.25, -0.2) is 0 Å². The molecule has 0 fully saturated rings. The van der Waals surface area contributed by atoms with E-state index in [1.54, 1.807) is 36.4 Å². The van der Waals surface area contributed by atoms with Gasteiger partial charge in [-0.3, -0.25) is 4.79 Å². The van der Waals surface area contributed by atoms with Crippen molar-refractivity contribution in [3.05, 3.63) is 81.3 Å². The number of halogens is 4. The number of hydrogen-bond donors (Lipinski definition) is 2. The lowest BCUT2D eigenvalue weighted by molar-refractivity contribution is -0.112. The molecule has 0 heterocycles. The van der Waals surface area contributed by atoms with Crippen LogP contribution in [0.3, 0.4) is 0 Å². The highest BCUT2D eigenvalue weighted by molar-refractivity contribution is 6.52. The molecule has 0 saturated heterocycles. The van der Waals surface area contributed by atoms with E-state index in [2.05, 4.69) is 6.58 Å². The minimum Gasteiger partial charge on any atom is -0.508 e. The van der Waals surface area contributed by atoms with Crippen molar-refractivity contribution in [1.29, 1.82) is 0 Å². The van der Waals surface area contributed by atoms with Gasteiger partial charge < -0.3 is 10.2 Å². The number of ketones is 1. The Kier molecular flexibility index (Phi) is 11.8. The van der Waals surface area contributed by atoms with Gasteiger partial charge >= 0.3 is 0 Å². The third kappa shape index (κ3) is 10.0. The van der Waals surface area contributed by atoms with Gasteiger partial charge in [0.1, 0.15) is 16.5 Å². The lowest BCUT2D eigenvalue weighted by Gasteiger charge is -2.02. The van der Waals surface area contributed by atoms with Crippen LogP contribution in [0.2, 0.25) is 20.1 Å². The summed E-state index contributed by atoms with van der Waals surface area (Å²) in [4.78, 5) is 10.1. The molecule has 3 nitrogen and oxygen atoms in total. The number of allylic oxidation sites excluding steroid dienone is 3. The van der Waals surface area contributed by atoms with E-state index >= 15 is 0 Å². The normalized spacial score (nSPS) is 9.48. The molecule has 2 N–H and O–H groups in total. The zero-order valence-corrected chi connectivity index (χ0v) is 16.2. The van der Waals surface area contributed by atoms with E-state index in [1.807, 2.05) is 6.07 Å². The van der Waals surface area contributed by atoms with Crippen molar-refractivity contribution in [3.8, 4) is 11.5 Å². The minimum absolute atomic E-state index is 0.0149. The minimum atomic E-state index is -0.175. The van der Waals surface area contributed by atoms with Crippen LogP contribution in [0.4, 0.5) is 0 Å². The highest BCUT2D eigenvalue weighted by Gasteiger charge is 2.11. The van der Waals surface area contributed by atoms with Crippen LogP contribution in [0.5, 0.6) is 11.5 Å². The average Bonchev–Trinajstić information content (AvgIpc) is 2.58. The van der Waals surface area contributed by atoms with Crippen LogP contribution in [0.15, 0.2) is 61.2 Å². The number of hydrogen-bond acceptors (Lipinski definition) is 3. The molecule has 0 amide bonds. The van der Waals surface area contributed by atoms with Gasteiger partial charge in [0, 0.05) is 6.07 Å². The molecule has 2 rings (SSSR count). The van der Waals surface area contributed by atoms with E-state index in [1.165, 1.54) is 19.1 Å². The van der Waals surface area contributed by atoms with Gasteiger partial charge in [0.2, 0.25) is 0 Å². The molecule has 0 atom stereocenters. The van der Waals surface area contributed by atoms with Crippen LogP contribution < -0.4 is 0 Å². The number of benzene rings is 2. The van der Waals surface area contributed by atoms with Gasteiger partial charge in [0.05, 0.1) is 15.1 Å². The van der Waals surface area contributed by atoms with Crippen LogP contribution in [0, 0.1) is 0 Å². The molecular weight excluding hydrogens is 406 g/mol. The maximum atomic E-state index is 10.1. The summed E-state index contributed by atoms with van der Waals surface area (Å²) in [7, 11) is 0. The third-order valence-corrected chi connectivity index (χ3v) is 4.05. The molecule has 0 unspecified atom stereocenters. The summed E-state index contributed by atoms with van der Waals surface area (Å²) in [5, 5.41) is 18.1. The van der Waals surface area contributed by atoms with Crippen molar-refractivity contribution in [3.63, 3.8) is 0 Å². The molecular formula is C18H16Cl4O3. The van der Waals surface area contributed by atoms with Crippen LogP contribution in [0.1, 0.15) is 6.92 Å². The van der Waals surface area contributed by atoms with E-state index in [9.17, 15) is 4.79 Å². The van der Waals surface area contributed by atoms with Crippen LogP contribution in [0.25, 0.3) is 0 Å². The van der Waals surface area contributed by atoms with Crippen molar-refractivity contribution in [2.45, 2.75) is 6.92 Å². The van der Waals surface area contributed by atoms with Crippen LogP contribution in [-0.4, -0.2) is 16.0 Å². The Labute approximate surface area is 166 Å². The van der Waals surface area contributed by atoms with E-state index in [4.69, 9.17) is 56.6 Å². The molecule has 0 radical (unpaired) electrons. The van der Waals surface area contributed by atoms with E-state index in [0.717, 1.165) is 0 Å². The molecule has 2 aromatic rings. The fraction of sp³-hybridized carbons (Fsp3) is 0.0556. The van der Waals surface area contributed by atoms with Gasteiger partial charge in [-0.15, -0.1) is 0 Å². The van der Waals surface area contributed by atoms with Crippen LogP contribution >= 0.6 is 46.4 Å². The Balaban J connectivity index is 0.000000362. The number of phenolic OH excluding ortho intramolecular Hbond substituents is 2. The van der Waals surface area contributed by atoms with Gasteiger partial charge in [0.15, 0.2) is 5.78 Å². The number of para-hydroxylation sites is 1. The second kappa shape index (κ2) is 12.7. The van der Waals surface area contributed by atoms with Crippen molar-refractivity contribution in [1.82, 2.24) is 0 Å². The Morgan fingerprint density at radius 2 is 1.56 bits per heavy atom. The number of carbonyl (C=O) groups excluding carboxylic acids is 1. The number of carbonyl (C=O) groups is 1. The van der Waals surface area contributed by atoms with Crippen molar-refractivity contribution in [2.75, 3.05) is 0 Å². The van der Waals surface area contributed by atoms with Crippen LogP contribution in [-0.2, 0) is 4.79 Å². The third-order valence-electron chi connectivity index (χ3n) is 2.31. The zero-order chi connectivity index (χ0) is 19.4. The van der Waals surface area contributed by atoms with Gasteiger partial charge in [-0.05, 0) is 25.1 Å². The number of rotatable bonds is 2. The molecule has 0 aromatic heterocycles. The van der Waals surface area contributed by atoms with Gasteiger partial charge in [-0.2, -0.15) is 0 Å². The quantitative estimate of drug-likeness (QED) is 0.245. The fourth-order valence-electron chi connectivity index (χ4n) is 1.19. The first-order chi connectivity index (χ1) is 11.7. The maximum absolute atomic E-state index is 10.1. The molecule has 25 heavy (non-hydrogen) atoms.